The fourth-order valence-corrected chi connectivity index (χ4v) is 2.62. The zero-order valence-corrected chi connectivity index (χ0v) is 11.1. The summed E-state index contributed by atoms with van der Waals surface area (Å²) in [6.07, 6.45) is 1.04. The Hall–Kier alpha value is -1.20. The summed E-state index contributed by atoms with van der Waals surface area (Å²) in [4.78, 5) is 1.34. The summed E-state index contributed by atoms with van der Waals surface area (Å²) in [5, 5.41) is 13.5. The smallest absolute Gasteiger partial charge is 0.233 e. The minimum absolute atomic E-state index is 0.0725. The van der Waals surface area contributed by atoms with E-state index in [9.17, 15) is 0 Å². The minimum atomic E-state index is 0.0725. The topological polar surface area (TPSA) is 51.0 Å². The summed E-state index contributed by atoms with van der Waals surface area (Å²) in [7, 11) is 0. The molecule has 0 aliphatic heterocycles. The molecule has 4 nitrogen and oxygen atoms in total. The summed E-state index contributed by atoms with van der Waals surface area (Å²) in [5.74, 6) is 1.26. The van der Waals surface area contributed by atoms with Crippen molar-refractivity contribution in [1.82, 2.24) is 15.5 Å². The fourth-order valence-electron chi connectivity index (χ4n) is 1.75. The predicted octanol–water partition coefficient (Wildman–Crippen LogP) is 3.24. The third kappa shape index (κ3) is 2.92. The lowest BCUT2D eigenvalue weighted by molar-refractivity contribution is 0.369. The van der Waals surface area contributed by atoms with Gasteiger partial charge in [-0.3, -0.25) is 5.32 Å². The van der Waals surface area contributed by atoms with Crippen molar-refractivity contribution >= 4 is 11.3 Å². The molecule has 0 radical (unpaired) electrons. The van der Waals surface area contributed by atoms with E-state index in [1.54, 1.807) is 18.3 Å². The first-order chi connectivity index (χ1) is 8.20. The zero-order chi connectivity index (χ0) is 12.3. The highest BCUT2D eigenvalue weighted by Gasteiger charge is 2.18. The average Bonchev–Trinajstić information content (AvgIpc) is 2.96. The molecule has 5 heteroatoms. The summed E-state index contributed by atoms with van der Waals surface area (Å²) in [6, 6.07) is 4.64. The Morgan fingerprint density at radius 1 is 1.47 bits per heavy atom. The van der Waals surface area contributed by atoms with Crippen molar-refractivity contribution in [1.29, 1.82) is 0 Å². The number of aryl methyl sites for hydroxylation is 1. The van der Waals surface area contributed by atoms with Crippen LogP contribution in [-0.4, -0.2) is 10.2 Å². The van der Waals surface area contributed by atoms with Crippen LogP contribution in [0, 0.1) is 6.92 Å². The summed E-state index contributed by atoms with van der Waals surface area (Å²) < 4.78 is 5.43. The van der Waals surface area contributed by atoms with Gasteiger partial charge in [0.05, 0.1) is 6.04 Å². The molecule has 0 aromatic carbocycles. The van der Waals surface area contributed by atoms with Gasteiger partial charge in [0, 0.05) is 17.8 Å². The molecule has 0 fully saturated rings. The van der Waals surface area contributed by atoms with Gasteiger partial charge >= 0.3 is 0 Å². The number of nitrogens with one attached hydrogen (secondary N) is 1. The lowest BCUT2D eigenvalue weighted by Crippen LogP contribution is -2.23. The first-order valence-electron chi connectivity index (χ1n) is 5.80. The van der Waals surface area contributed by atoms with Crippen molar-refractivity contribution in [3.05, 3.63) is 34.2 Å². The van der Waals surface area contributed by atoms with Crippen molar-refractivity contribution < 1.29 is 4.42 Å². The third-order valence-corrected chi connectivity index (χ3v) is 3.64. The molecule has 1 N–H and O–H groups in total. The first-order valence-corrected chi connectivity index (χ1v) is 6.68. The van der Waals surface area contributed by atoms with E-state index in [4.69, 9.17) is 4.42 Å². The number of aromatic nitrogens is 2. The highest BCUT2D eigenvalue weighted by molar-refractivity contribution is 7.10. The number of thiophene rings is 1. The summed E-state index contributed by atoms with van der Waals surface area (Å²) in [6.45, 7) is 6.02. The zero-order valence-electron chi connectivity index (χ0n) is 10.3. The van der Waals surface area contributed by atoms with E-state index in [0.717, 1.165) is 6.42 Å². The molecule has 2 aromatic rings. The number of nitrogens with zero attached hydrogens (tertiary/aromatic N) is 2. The SMILES string of the molecule is CCC(NC(C)c1nnc(C)o1)c1cccs1. The normalized spacial score (nSPS) is 14.8. The van der Waals surface area contributed by atoms with Gasteiger partial charge in [-0.2, -0.15) is 0 Å². The lowest BCUT2D eigenvalue weighted by atomic mass is 10.1. The van der Waals surface area contributed by atoms with Crippen molar-refractivity contribution in [3.63, 3.8) is 0 Å². The number of hydrogen-bond donors (Lipinski definition) is 1. The Bertz CT molecular complexity index is 452. The molecule has 0 aliphatic carbocycles. The Labute approximate surface area is 105 Å². The van der Waals surface area contributed by atoms with Gasteiger partial charge in [0.2, 0.25) is 11.8 Å². The van der Waals surface area contributed by atoms with E-state index in [2.05, 4.69) is 40.0 Å². The Balaban J connectivity index is 2.04. The predicted molar refractivity (Wildman–Crippen MR) is 67.9 cm³/mol. The second-order valence-electron chi connectivity index (χ2n) is 4.02. The van der Waals surface area contributed by atoms with E-state index in [1.807, 2.05) is 6.92 Å². The monoisotopic (exact) mass is 251 g/mol. The molecular formula is C12H17N3OS. The maximum absolute atomic E-state index is 5.43. The maximum atomic E-state index is 5.43. The first kappa shape index (κ1) is 12.3. The van der Waals surface area contributed by atoms with Crippen LogP contribution in [0.25, 0.3) is 0 Å². The van der Waals surface area contributed by atoms with Gasteiger partial charge in [0.1, 0.15) is 0 Å². The molecule has 17 heavy (non-hydrogen) atoms. The second-order valence-corrected chi connectivity index (χ2v) is 5.00. The molecule has 2 atom stereocenters. The number of rotatable bonds is 5. The molecule has 92 valence electrons. The van der Waals surface area contributed by atoms with E-state index in [-0.39, 0.29) is 6.04 Å². The van der Waals surface area contributed by atoms with Gasteiger partial charge in [0.15, 0.2) is 0 Å². The molecule has 2 rings (SSSR count). The van der Waals surface area contributed by atoms with E-state index in [1.165, 1.54) is 4.88 Å². The van der Waals surface area contributed by atoms with Crippen LogP contribution in [0.4, 0.5) is 0 Å². The van der Waals surface area contributed by atoms with E-state index < -0.39 is 0 Å². The third-order valence-electron chi connectivity index (χ3n) is 2.66. The molecule has 0 bridgehead atoms. The second kappa shape index (κ2) is 5.42. The standard InChI is InChI=1S/C12H17N3OS/c1-4-10(11-6-5-7-17-11)13-8(2)12-15-14-9(3)16-12/h5-8,10,13H,4H2,1-3H3. The van der Waals surface area contributed by atoms with Crippen LogP contribution in [0.2, 0.25) is 0 Å². The van der Waals surface area contributed by atoms with Crippen LogP contribution in [0.5, 0.6) is 0 Å². The van der Waals surface area contributed by atoms with E-state index >= 15 is 0 Å². The van der Waals surface area contributed by atoms with Crippen molar-refractivity contribution in [2.24, 2.45) is 0 Å². The molecule has 2 heterocycles. The van der Waals surface area contributed by atoms with Crippen LogP contribution in [0.3, 0.4) is 0 Å². The Kier molecular flexibility index (Phi) is 3.91. The van der Waals surface area contributed by atoms with Crippen LogP contribution in [-0.2, 0) is 0 Å². The van der Waals surface area contributed by atoms with Crippen molar-refractivity contribution in [2.75, 3.05) is 0 Å². The lowest BCUT2D eigenvalue weighted by Gasteiger charge is -2.18. The fraction of sp³-hybridized carbons (Fsp3) is 0.500. The van der Waals surface area contributed by atoms with Gasteiger partial charge < -0.3 is 4.42 Å². The van der Waals surface area contributed by atoms with Crippen molar-refractivity contribution in [2.45, 2.75) is 39.3 Å². The van der Waals surface area contributed by atoms with Crippen LogP contribution >= 0.6 is 11.3 Å². The molecule has 2 aromatic heterocycles. The maximum Gasteiger partial charge on any atom is 0.233 e. The molecule has 0 aliphatic rings. The van der Waals surface area contributed by atoms with Gasteiger partial charge in [-0.25, -0.2) is 0 Å². The molecule has 0 amide bonds. The quantitative estimate of drug-likeness (QED) is 0.886. The van der Waals surface area contributed by atoms with Gasteiger partial charge in [-0.15, -0.1) is 21.5 Å². The van der Waals surface area contributed by atoms with Crippen LogP contribution in [0.15, 0.2) is 21.9 Å². The van der Waals surface area contributed by atoms with Crippen LogP contribution < -0.4 is 5.32 Å². The Morgan fingerprint density at radius 3 is 2.82 bits per heavy atom. The van der Waals surface area contributed by atoms with Gasteiger partial charge in [-0.1, -0.05) is 13.0 Å². The molecule has 0 saturated carbocycles. The Morgan fingerprint density at radius 2 is 2.29 bits per heavy atom. The molecule has 0 saturated heterocycles. The molecular weight excluding hydrogens is 234 g/mol. The largest absolute Gasteiger partial charge is 0.424 e. The van der Waals surface area contributed by atoms with Gasteiger partial charge in [0.25, 0.3) is 0 Å². The summed E-state index contributed by atoms with van der Waals surface area (Å²) >= 11 is 1.77. The molecule has 0 spiro atoms. The number of hydrogen-bond acceptors (Lipinski definition) is 5. The minimum Gasteiger partial charge on any atom is -0.424 e. The highest BCUT2D eigenvalue weighted by Crippen LogP contribution is 2.24. The van der Waals surface area contributed by atoms with Gasteiger partial charge in [-0.05, 0) is 24.8 Å². The summed E-state index contributed by atoms with van der Waals surface area (Å²) in [5.41, 5.74) is 0. The molecule has 2 unspecified atom stereocenters. The van der Waals surface area contributed by atoms with Crippen molar-refractivity contribution in [3.8, 4) is 0 Å². The average molecular weight is 251 g/mol. The highest BCUT2D eigenvalue weighted by atomic mass is 32.1. The van der Waals surface area contributed by atoms with Crippen LogP contribution in [0.1, 0.15) is 49.0 Å². The van der Waals surface area contributed by atoms with E-state index in [0.29, 0.717) is 17.8 Å².